The van der Waals surface area contributed by atoms with Crippen LogP contribution in [0.2, 0.25) is 0 Å². The zero-order chi connectivity index (χ0) is 15.4. The first-order chi connectivity index (χ1) is 9.99. The van der Waals surface area contributed by atoms with Crippen molar-refractivity contribution in [3.63, 3.8) is 0 Å². The van der Waals surface area contributed by atoms with Gasteiger partial charge in [-0.2, -0.15) is 0 Å². The Morgan fingerprint density at radius 3 is 2.62 bits per heavy atom. The minimum absolute atomic E-state index is 0.00498. The number of hydrogen-bond donors (Lipinski definition) is 2. The maximum Gasteiger partial charge on any atom is 0.243 e. The molecule has 2 fully saturated rings. The van der Waals surface area contributed by atoms with E-state index in [1.54, 1.807) is 0 Å². The lowest BCUT2D eigenvalue weighted by Crippen LogP contribution is -2.39. The molecule has 0 saturated carbocycles. The number of thioether (sulfide) groups is 2. The smallest absolute Gasteiger partial charge is 0.243 e. The first-order valence-corrected chi connectivity index (χ1v) is 8.45. The van der Waals surface area contributed by atoms with Crippen molar-refractivity contribution in [1.82, 2.24) is 10.6 Å². The topological polar surface area (TPSA) is 92.3 Å². The van der Waals surface area contributed by atoms with Crippen LogP contribution in [0.5, 0.6) is 0 Å². The van der Waals surface area contributed by atoms with E-state index in [0.29, 0.717) is 12.8 Å². The summed E-state index contributed by atoms with van der Waals surface area (Å²) in [4.78, 5) is 46.3. The molecule has 2 N–H and O–H groups in total. The van der Waals surface area contributed by atoms with E-state index >= 15 is 0 Å². The fourth-order valence-electron chi connectivity index (χ4n) is 2.21. The van der Waals surface area contributed by atoms with Crippen LogP contribution in [0, 0.1) is 0 Å². The summed E-state index contributed by atoms with van der Waals surface area (Å²) in [6.45, 7) is 3.33. The monoisotopic (exact) mass is 328 g/mol. The van der Waals surface area contributed by atoms with Crippen molar-refractivity contribution in [3.05, 3.63) is 12.7 Å². The highest BCUT2D eigenvalue weighted by molar-refractivity contribution is 8.14. The highest BCUT2D eigenvalue weighted by atomic mass is 32.2. The van der Waals surface area contributed by atoms with Gasteiger partial charge in [-0.15, -0.1) is 0 Å². The van der Waals surface area contributed by atoms with Gasteiger partial charge in [-0.25, -0.2) is 0 Å². The summed E-state index contributed by atoms with van der Waals surface area (Å²) < 4.78 is 0. The van der Waals surface area contributed by atoms with Gasteiger partial charge in [0.2, 0.25) is 22.0 Å². The summed E-state index contributed by atoms with van der Waals surface area (Å²) in [7, 11) is 0. The molecule has 0 spiro atoms. The third-order valence-corrected chi connectivity index (χ3v) is 5.47. The van der Waals surface area contributed by atoms with Gasteiger partial charge in [-0.1, -0.05) is 30.1 Å². The second-order valence-corrected chi connectivity index (χ2v) is 7.24. The molecule has 2 aliphatic heterocycles. The Labute approximate surface area is 130 Å². The number of hydrogen-bond acceptors (Lipinski definition) is 6. The molecular weight excluding hydrogens is 312 g/mol. The van der Waals surface area contributed by atoms with Crippen molar-refractivity contribution in [2.24, 2.45) is 0 Å². The second-order valence-electron chi connectivity index (χ2n) is 4.84. The van der Waals surface area contributed by atoms with Crippen molar-refractivity contribution < 1.29 is 19.2 Å². The van der Waals surface area contributed by atoms with Gasteiger partial charge in [-0.3, -0.25) is 19.2 Å². The molecule has 0 aromatic carbocycles. The lowest BCUT2D eigenvalue weighted by atomic mass is 10.1. The molecule has 0 aliphatic carbocycles. The lowest BCUT2D eigenvalue weighted by molar-refractivity contribution is -0.124. The van der Waals surface area contributed by atoms with Crippen molar-refractivity contribution >= 4 is 45.6 Å². The molecule has 0 aromatic rings. The van der Waals surface area contributed by atoms with Crippen molar-refractivity contribution in [3.8, 4) is 0 Å². The van der Waals surface area contributed by atoms with Gasteiger partial charge in [0.05, 0.1) is 12.1 Å². The number of amides is 2. The first kappa shape index (κ1) is 16.1. The average molecular weight is 328 g/mol. The van der Waals surface area contributed by atoms with E-state index in [-0.39, 0.29) is 27.8 Å². The maximum absolute atomic E-state index is 11.9. The predicted octanol–water partition coefficient (Wildman–Crippen LogP) is 0.228. The molecule has 0 aromatic heterocycles. The largest absolute Gasteiger partial charge is 0.345 e. The minimum atomic E-state index is -0.568. The summed E-state index contributed by atoms with van der Waals surface area (Å²) in [5.41, 5.74) is 0. The van der Waals surface area contributed by atoms with Crippen molar-refractivity contribution in [2.75, 3.05) is 5.75 Å². The molecule has 6 nitrogen and oxygen atoms in total. The van der Waals surface area contributed by atoms with Gasteiger partial charge >= 0.3 is 0 Å². The van der Waals surface area contributed by atoms with Crippen LogP contribution < -0.4 is 10.6 Å². The predicted molar refractivity (Wildman–Crippen MR) is 81.8 cm³/mol. The Balaban J connectivity index is 1.79. The van der Waals surface area contributed by atoms with Crippen LogP contribution in [0.4, 0.5) is 0 Å². The maximum atomic E-state index is 11.9. The average Bonchev–Trinajstić information content (AvgIpc) is 2.97. The van der Waals surface area contributed by atoms with Crippen molar-refractivity contribution in [1.29, 1.82) is 0 Å². The summed E-state index contributed by atoms with van der Waals surface area (Å²) in [6, 6.07) is -0.970. The summed E-state index contributed by atoms with van der Waals surface area (Å²) in [6.07, 6.45) is 2.36. The van der Waals surface area contributed by atoms with Gasteiger partial charge in [0.15, 0.2) is 0 Å². The number of nitrogens with one attached hydrogen (secondary N) is 2. The van der Waals surface area contributed by atoms with E-state index in [2.05, 4.69) is 17.2 Å². The summed E-state index contributed by atoms with van der Waals surface area (Å²) in [5.74, 6) is 0.111. The molecular formula is C13H16N2O4S2. The Bertz CT molecular complexity index is 495. The van der Waals surface area contributed by atoms with E-state index in [0.717, 1.165) is 23.6 Å². The van der Waals surface area contributed by atoms with Crippen LogP contribution in [0.3, 0.4) is 0 Å². The van der Waals surface area contributed by atoms with E-state index in [4.69, 9.17) is 0 Å². The van der Waals surface area contributed by atoms with Crippen LogP contribution >= 0.6 is 23.5 Å². The van der Waals surface area contributed by atoms with Gasteiger partial charge < -0.3 is 10.6 Å². The highest BCUT2D eigenvalue weighted by Crippen LogP contribution is 2.31. The zero-order valence-corrected chi connectivity index (χ0v) is 12.9. The van der Waals surface area contributed by atoms with Gasteiger partial charge in [0.1, 0.15) is 0 Å². The molecule has 8 heteroatoms. The molecule has 2 heterocycles. The molecule has 0 bridgehead atoms. The van der Waals surface area contributed by atoms with Crippen LogP contribution in [0.25, 0.3) is 0 Å². The number of rotatable bonds is 5. The van der Waals surface area contributed by atoms with Crippen molar-refractivity contribution in [2.45, 2.75) is 36.6 Å². The fourth-order valence-corrected chi connectivity index (χ4v) is 4.32. The Morgan fingerprint density at radius 1 is 1.24 bits per heavy atom. The Kier molecular flexibility index (Phi) is 5.46. The van der Waals surface area contributed by atoms with E-state index in [1.165, 1.54) is 11.8 Å². The third kappa shape index (κ3) is 4.34. The summed E-state index contributed by atoms with van der Waals surface area (Å²) >= 11 is 2.30. The SMILES string of the molecule is C=CC(=O)NC1CC(CC(=O)NC2CCSC2=O)SC1=O. The molecule has 2 aliphatic rings. The third-order valence-electron chi connectivity index (χ3n) is 3.25. The normalized spacial score (nSPS) is 28.5. The first-order valence-electron chi connectivity index (χ1n) is 6.59. The van der Waals surface area contributed by atoms with E-state index < -0.39 is 18.0 Å². The molecule has 114 valence electrons. The molecule has 2 saturated heterocycles. The molecule has 3 unspecified atom stereocenters. The highest BCUT2D eigenvalue weighted by Gasteiger charge is 2.36. The van der Waals surface area contributed by atoms with Crippen LogP contribution in [-0.2, 0) is 19.2 Å². The van der Waals surface area contributed by atoms with Gasteiger partial charge in [0, 0.05) is 17.4 Å². The fraction of sp³-hybridized carbons (Fsp3) is 0.538. The molecule has 21 heavy (non-hydrogen) atoms. The van der Waals surface area contributed by atoms with E-state index in [1.807, 2.05) is 0 Å². The molecule has 2 amide bonds. The zero-order valence-electron chi connectivity index (χ0n) is 11.3. The standard InChI is InChI=1S/C13H16N2O4S2/c1-2-10(16)15-9-5-7(21-13(9)19)6-11(17)14-8-3-4-20-12(8)18/h2,7-9H,1,3-6H2,(H,14,17)(H,15,16). The number of carbonyl (C=O) groups is 4. The number of carbonyl (C=O) groups excluding carboxylic acids is 4. The quantitative estimate of drug-likeness (QED) is 0.702. The summed E-state index contributed by atoms with van der Waals surface area (Å²) in [5, 5.41) is 4.93. The van der Waals surface area contributed by atoms with Crippen LogP contribution in [0.15, 0.2) is 12.7 Å². The molecule has 3 atom stereocenters. The van der Waals surface area contributed by atoms with E-state index in [9.17, 15) is 19.2 Å². The lowest BCUT2D eigenvalue weighted by Gasteiger charge is -2.12. The minimum Gasteiger partial charge on any atom is -0.345 e. The Morgan fingerprint density at radius 2 is 2.00 bits per heavy atom. The second kappa shape index (κ2) is 7.13. The van der Waals surface area contributed by atoms with Gasteiger partial charge in [-0.05, 0) is 18.9 Å². The van der Waals surface area contributed by atoms with Gasteiger partial charge in [0.25, 0.3) is 0 Å². The molecule has 2 rings (SSSR count). The van der Waals surface area contributed by atoms with Crippen LogP contribution in [0.1, 0.15) is 19.3 Å². The molecule has 0 radical (unpaired) electrons. The Hall–Kier alpha value is -1.28. The van der Waals surface area contributed by atoms with Crippen LogP contribution in [-0.4, -0.2) is 45.1 Å².